The van der Waals surface area contributed by atoms with Crippen LogP contribution >= 0.6 is 0 Å². The molecule has 3 N–H and O–H groups in total. The van der Waals surface area contributed by atoms with E-state index in [-0.39, 0.29) is 6.04 Å². The highest BCUT2D eigenvalue weighted by atomic mass is 16.4. The third-order valence-electron chi connectivity index (χ3n) is 3.33. The Kier molecular flexibility index (Phi) is 3.55. The first-order valence-corrected chi connectivity index (χ1v) is 6.08. The molecule has 2 rings (SSSR count). The van der Waals surface area contributed by atoms with E-state index in [0.717, 1.165) is 12.1 Å². The molecule has 0 bridgehead atoms. The summed E-state index contributed by atoms with van der Waals surface area (Å²) < 4.78 is 0. The third-order valence-corrected chi connectivity index (χ3v) is 3.33. The average molecular weight is 250 g/mol. The number of amides is 1. The monoisotopic (exact) mass is 250 g/mol. The van der Waals surface area contributed by atoms with E-state index in [4.69, 9.17) is 10.8 Å². The molecule has 0 aliphatic carbocycles. The molecule has 1 saturated heterocycles. The highest BCUT2D eigenvalue weighted by Crippen LogP contribution is 2.22. The number of nitrogens with zero attached hydrogens (tertiary/aromatic N) is 3. The molecule has 0 aromatic carbocycles. The Labute approximate surface area is 106 Å². The van der Waals surface area contributed by atoms with Gasteiger partial charge in [0, 0.05) is 25.7 Å². The molecule has 1 amide bonds. The van der Waals surface area contributed by atoms with E-state index in [0.29, 0.717) is 25.5 Å². The number of carbonyl (C=O) groups is 1. The smallest absolute Gasteiger partial charge is 0.407 e. The average Bonchev–Trinajstić information content (AvgIpc) is 2.39. The van der Waals surface area contributed by atoms with Crippen molar-refractivity contribution in [1.82, 2.24) is 9.88 Å². The van der Waals surface area contributed by atoms with Gasteiger partial charge in [-0.2, -0.15) is 0 Å². The molecule has 0 spiro atoms. The zero-order valence-corrected chi connectivity index (χ0v) is 10.4. The Morgan fingerprint density at radius 1 is 1.56 bits per heavy atom. The van der Waals surface area contributed by atoms with Gasteiger partial charge in [-0.3, -0.25) is 0 Å². The maximum absolute atomic E-state index is 11.0. The molecule has 1 aliphatic rings. The van der Waals surface area contributed by atoms with E-state index in [1.165, 1.54) is 4.90 Å². The first-order valence-electron chi connectivity index (χ1n) is 6.08. The van der Waals surface area contributed by atoms with Gasteiger partial charge in [-0.15, -0.1) is 0 Å². The van der Waals surface area contributed by atoms with Crippen LogP contribution in [-0.4, -0.2) is 46.8 Å². The minimum absolute atomic E-state index is 0.195. The highest BCUT2D eigenvalue weighted by molar-refractivity contribution is 5.65. The molecule has 0 radical (unpaired) electrons. The van der Waals surface area contributed by atoms with Crippen LogP contribution in [0.3, 0.4) is 0 Å². The fraction of sp³-hybridized carbons (Fsp3) is 0.500. The second kappa shape index (κ2) is 5.12. The van der Waals surface area contributed by atoms with Crippen molar-refractivity contribution in [3.05, 3.63) is 18.3 Å². The lowest BCUT2D eigenvalue weighted by atomic mass is 10.1. The molecular formula is C12H18N4O2. The van der Waals surface area contributed by atoms with Crippen LogP contribution in [0.1, 0.15) is 13.3 Å². The maximum atomic E-state index is 11.0. The first-order chi connectivity index (χ1) is 8.61. The first kappa shape index (κ1) is 12.5. The fourth-order valence-electron chi connectivity index (χ4n) is 2.29. The van der Waals surface area contributed by atoms with Crippen molar-refractivity contribution in [1.29, 1.82) is 0 Å². The van der Waals surface area contributed by atoms with Crippen LogP contribution in [0.15, 0.2) is 18.3 Å². The van der Waals surface area contributed by atoms with Crippen LogP contribution in [0.25, 0.3) is 0 Å². The van der Waals surface area contributed by atoms with Gasteiger partial charge in [0.25, 0.3) is 0 Å². The third kappa shape index (κ3) is 2.47. The number of piperazine rings is 1. The van der Waals surface area contributed by atoms with Gasteiger partial charge < -0.3 is 20.6 Å². The molecule has 0 saturated carbocycles. The zero-order chi connectivity index (χ0) is 13.1. The predicted octanol–water partition coefficient (Wildman–Crippen LogP) is 1.24. The molecular weight excluding hydrogens is 232 g/mol. The molecule has 1 fully saturated rings. The Morgan fingerprint density at radius 3 is 2.89 bits per heavy atom. The van der Waals surface area contributed by atoms with Crippen LogP contribution in [0.5, 0.6) is 0 Å². The second-order valence-electron chi connectivity index (χ2n) is 4.43. The SMILES string of the molecule is CCC1CN(C(=O)O)CCN1c1ccc(N)nc1. The quantitative estimate of drug-likeness (QED) is 0.825. The summed E-state index contributed by atoms with van der Waals surface area (Å²) in [6, 6.07) is 3.90. The van der Waals surface area contributed by atoms with Crippen LogP contribution in [0.4, 0.5) is 16.3 Å². The van der Waals surface area contributed by atoms with E-state index >= 15 is 0 Å². The van der Waals surface area contributed by atoms with Gasteiger partial charge in [0.2, 0.25) is 0 Å². The predicted molar refractivity (Wildman–Crippen MR) is 69.7 cm³/mol. The van der Waals surface area contributed by atoms with E-state index in [9.17, 15) is 4.79 Å². The summed E-state index contributed by atoms with van der Waals surface area (Å²) in [5.74, 6) is 0.496. The summed E-state index contributed by atoms with van der Waals surface area (Å²) in [6.07, 6.45) is 1.80. The minimum atomic E-state index is -0.844. The van der Waals surface area contributed by atoms with E-state index in [1.807, 2.05) is 6.07 Å². The van der Waals surface area contributed by atoms with Gasteiger partial charge in [-0.25, -0.2) is 9.78 Å². The van der Waals surface area contributed by atoms with Crippen LogP contribution in [0.2, 0.25) is 0 Å². The van der Waals surface area contributed by atoms with Crippen molar-refractivity contribution in [2.45, 2.75) is 19.4 Å². The second-order valence-corrected chi connectivity index (χ2v) is 4.43. The number of aromatic nitrogens is 1. The van der Waals surface area contributed by atoms with Crippen LogP contribution in [0, 0.1) is 0 Å². The van der Waals surface area contributed by atoms with Crippen LogP contribution in [-0.2, 0) is 0 Å². The zero-order valence-electron chi connectivity index (χ0n) is 10.4. The minimum Gasteiger partial charge on any atom is -0.465 e. The van der Waals surface area contributed by atoms with E-state index in [2.05, 4.69) is 16.8 Å². The lowest BCUT2D eigenvalue weighted by Gasteiger charge is -2.41. The number of hydrogen-bond acceptors (Lipinski definition) is 4. The number of carboxylic acid groups (broad SMARTS) is 1. The van der Waals surface area contributed by atoms with Crippen molar-refractivity contribution in [2.24, 2.45) is 0 Å². The number of nitrogens with two attached hydrogens (primary N) is 1. The molecule has 6 nitrogen and oxygen atoms in total. The number of anilines is 2. The molecule has 6 heteroatoms. The maximum Gasteiger partial charge on any atom is 0.407 e. The molecule has 98 valence electrons. The summed E-state index contributed by atoms with van der Waals surface area (Å²) in [6.45, 7) is 3.82. The van der Waals surface area contributed by atoms with Gasteiger partial charge in [0.1, 0.15) is 5.82 Å². The number of hydrogen-bond donors (Lipinski definition) is 2. The molecule has 18 heavy (non-hydrogen) atoms. The molecule has 1 aromatic heterocycles. The van der Waals surface area contributed by atoms with Crippen molar-refractivity contribution in [3.63, 3.8) is 0 Å². The van der Waals surface area contributed by atoms with Crippen LogP contribution < -0.4 is 10.6 Å². The van der Waals surface area contributed by atoms with Crippen molar-refractivity contribution in [3.8, 4) is 0 Å². The van der Waals surface area contributed by atoms with Crippen molar-refractivity contribution in [2.75, 3.05) is 30.3 Å². The van der Waals surface area contributed by atoms with Crippen molar-refractivity contribution < 1.29 is 9.90 Å². The normalized spacial score (nSPS) is 19.9. The summed E-state index contributed by atoms with van der Waals surface area (Å²) in [4.78, 5) is 18.7. The van der Waals surface area contributed by atoms with Crippen molar-refractivity contribution >= 4 is 17.6 Å². The Morgan fingerprint density at radius 2 is 2.33 bits per heavy atom. The van der Waals surface area contributed by atoms with Gasteiger partial charge in [0.05, 0.1) is 11.9 Å². The number of pyridine rings is 1. The molecule has 2 heterocycles. The summed E-state index contributed by atoms with van der Waals surface area (Å²) in [7, 11) is 0. The van der Waals surface area contributed by atoms with Gasteiger partial charge >= 0.3 is 6.09 Å². The lowest BCUT2D eigenvalue weighted by Crippen LogP contribution is -2.54. The number of nitrogen functional groups attached to an aromatic ring is 1. The largest absolute Gasteiger partial charge is 0.465 e. The van der Waals surface area contributed by atoms with Gasteiger partial charge in [-0.05, 0) is 18.6 Å². The molecule has 1 unspecified atom stereocenters. The highest BCUT2D eigenvalue weighted by Gasteiger charge is 2.28. The Balaban J connectivity index is 2.14. The number of rotatable bonds is 2. The summed E-state index contributed by atoms with van der Waals surface area (Å²) >= 11 is 0. The Hall–Kier alpha value is -1.98. The Bertz CT molecular complexity index is 421. The molecule has 1 atom stereocenters. The molecule has 1 aliphatic heterocycles. The van der Waals surface area contributed by atoms with Gasteiger partial charge in [0.15, 0.2) is 0 Å². The van der Waals surface area contributed by atoms with Gasteiger partial charge in [-0.1, -0.05) is 6.92 Å². The fourth-order valence-corrected chi connectivity index (χ4v) is 2.29. The van der Waals surface area contributed by atoms with E-state index in [1.54, 1.807) is 12.3 Å². The summed E-state index contributed by atoms with van der Waals surface area (Å²) in [5, 5.41) is 9.02. The standard InChI is InChI=1S/C12H18N4O2/c1-2-9-8-15(12(17)18)5-6-16(9)10-3-4-11(13)14-7-10/h3-4,7,9H,2,5-6,8H2,1H3,(H2,13,14)(H,17,18). The molecule has 1 aromatic rings. The van der Waals surface area contributed by atoms with E-state index < -0.39 is 6.09 Å². The topological polar surface area (TPSA) is 82.7 Å². The summed E-state index contributed by atoms with van der Waals surface area (Å²) in [5.41, 5.74) is 6.57. The lowest BCUT2D eigenvalue weighted by molar-refractivity contribution is 0.134.